The fourth-order valence-corrected chi connectivity index (χ4v) is 3.55. The molecule has 2 N–H and O–H groups in total. The summed E-state index contributed by atoms with van der Waals surface area (Å²) in [5.41, 5.74) is 1.85. The van der Waals surface area contributed by atoms with Crippen molar-refractivity contribution in [3.8, 4) is 5.75 Å². The third-order valence-corrected chi connectivity index (χ3v) is 5.16. The van der Waals surface area contributed by atoms with Crippen LogP contribution in [0.25, 0.3) is 0 Å². The number of hydrogen-bond acceptors (Lipinski definition) is 3. The molecule has 26 heavy (non-hydrogen) atoms. The minimum atomic E-state index is -0.117. The van der Waals surface area contributed by atoms with Crippen molar-refractivity contribution < 1.29 is 14.4 Å². The normalized spacial score (nSPS) is 16.2. The molecular formula is C20H25ClN3O2+. The molecule has 0 radical (unpaired) electrons. The van der Waals surface area contributed by atoms with E-state index in [1.807, 2.05) is 37.3 Å². The zero-order valence-corrected chi connectivity index (χ0v) is 15.9. The molecule has 1 fully saturated rings. The van der Waals surface area contributed by atoms with E-state index in [1.54, 1.807) is 19.2 Å². The van der Waals surface area contributed by atoms with Crippen LogP contribution in [0.15, 0.2) is 48.5 Å². The monoisotopic (exact) mass is 374 g/mol. The van der Waals surface area contributed by atoms with Crippen LogP contribution in [0.5, 0.6) is 5.75 Å². The van der Waals surface area contributed by atoms with Crippen LogP contribution in [-0.2, 0) is 4.79 Å². The standard InChI is InChI=1S/C20H24ClN3O2/c1-15(20(25)22-17-7-5-6-16(21)14-17)23-10-12-24(13-11-23)18-8-3-4-9-19(18)26-2/h3-9,14-15H,10-13H2,1-2H3,(H,22,25)/p+1/t15-/m1/s1. The second kappa shape index (κ2) is 8.43. The van der Waals surface area contributed by atoms with Crippen molar-refractivity contribution in [2.24, 2.45) is 0 Å². The molecule has 1 saturated heterocycles. The molecule has 138 valence electrons. The number of methoxy groups -OCH3 is 1. The van der Waals surface area contributed by atoms with Crippen molar-refractivity contribution in [2.45, 2.75) is 13.0 Å². The molecule has 1 atom stereocenters. The van der Waals surface area contributed by atoms with Gasteiger partial charge in [-0.3, -0.25) is 4.79 Å². The third-order valence-electron chi connectivity index (χ3n) is 4.93. The van der Waals surface area contributed by atoms with E-state index in [0.717, 1.165) is 43.3 Å². The minimum absolute atomic E-state index is 0.0213. The number of benzene rings is 2. The van der Waals surface area contributed by atoms with Gasteiger partial charge in [0.1, 0.15) is 5.75 Å². The number of carbonyl (C=O) groups is 1. The van der Waals surface area contributed by atoms with Crippen molar-refractivity contribution in [2.75, 3.05) is 43.5 Å². The number of quaternary nitrogens is 1. The van der Waals surface area contributed by atoms with E-state index in [0.29, 0.717) is 5.02 Å². The van der Waals surface area contributed by atoms with Crippen molar-refractivity contribution in [3.63, 3.8) is 0 Å². The molecule has 0 spiro atoms. The molecule has 0 aliphatic carbocycles. The molecular weight excluding hydrogens is 350 g/mol. The summed E-state index contributed by atoms with van der Waals surface area (Å²) in [7, 11) is 1.70. The quantitative estimate of drug-likeness (QED) is 0.842. The Labute approximate surface area is 159 Å². The van der Waals surface area contributed by atoms with E-state index in [4.69, 9.17) is 16.3 Å². The average Bonchev–Trinajstić information content (AvgIpc) is 2.67. The molecule has 1 aliphatic rings. The number of halogens is 1. The first-order valence-corrected chi connectivity index (χ1v) is 9.25. The van der Waals surface area contributed by atoms with E-state index in [-0.39, 0.29) is 11.9 Å². The van der Waals surface area contributed by atoms with Crippen LogP contribution in [0.4, 0.5) is 11.4 Å². The lowest BCUT2D eigenvalue weighted by molar-refractivity contribution is -0.914. The molecule has 0 unspecified atom stereocenters. The second-order valence-corrected chi connectivity index (χ2v) is 6.97. The summed E-state index contributed by atoms with van der Waals surface area (Å²) in [5, 5.41) is 3.58. The van der Waals surface area contributed by atoms with Gasteiger partial charge in [0, 0.05) is 10.7 Å². The number of piperazine rings is 1. The summed E-state index contributed by atoms with van der Waals surface area (Å²) in [6.45, 7) is 5.58. The highest BCUT2D eigenvalue weighted by Gasteiger charge is 2.30. The molecule has 0 bridgehead atoms. The fraction of sp³-hybridized carbons (Fsp3) is 0.350. The van der Waals surface area contributed by atoms with E-state index in [9.17, 15) is 4.79 Å². The molecule has 6 heteroatoms. The number of nitrogens with zero attached hydrogens (tertiary/aromatic N) is 1. The molecule has 1 amide bonds. The number of anilines is 2. The molecule has 5 nitrogen and oxygen atoms in total. The Balaban J connectivity index is 1.58. The van der Waals surface area contributed by atoms with Crippen LogP contribution >= 0.6 is 11.6 Å². The number of rotatable bonds is 5. The summed E-state index contributed by atoms with van der Waals surface area (Å²) in [5.74, 6) is 0.913. The van der Waals surface area contributed by atoms with E-state index < -0.39 is 0 Å². The highest BCUT2D eigenvalue weighted by molar-refractivity contribution is 6.30. The van der Waals surface area contributed by atoms with Crippen LogP contribution in [0.1, 0.15) is 6.92 Å². The van der Waals surface area contributed by atoms with Gasteiger partial charge in [-0.25, -0.2) is 0 Å². The third kappa shape index (κ3) is 4.29. The Bertz CT molecular complexity index is 760. The van der Waals surface area contributed by atoms with E-state index in [2.05, 4.69) is 16.3 Å². The Morgan fingerprint density at radius 3 is 2.62 bits per heavy atom. The number of hydrogen-bond donors (Lipinski definition) is 2. The van der Waals surface area contributed by atoms with Gasteiger partial charge in [0.05, 0.1) is 39.0 Å². The average molecular weight is 375 g/mol. The molecule has 1 heterocycles. The smallest absolute Gasteiger partial charge is 0.282 e. The summed E-state index contributed by atoms with van der Waals surface area (Å²) in [4.78, 5) is 16.2. The summed E-state index contributed by atoms with van der Waals surface area (Å²) in [6.07, 6.45) is 0. The lowest BCUT2D eigenvalue weighted by Gasteiger charge is -2.36. The van der Waals surface area contributed by atoms with Crippen LogP contribution in [-0.4, -0.2) is 45.2 Å². The van der Waals surface area contributed by atoms with Gasteiger partial charge in [-0.1, -0.05) is 29.8 Å². The Morgan fingerprint density at radius 1 is 1.19 bits per heavy atom. The van der Waals surface area contributed by atoms with Gasteiger partial charge < -0.3 is 19.9 Å². The molecule has 0 aromatic heterocycles. The predicted octanol–water partition coefficient (Wildman–Crippen LogP) is 2.08. The van der Waals surface area contributed by atoms with Crippen LogP contribution in [0.2, 0.25) is 5.02 Å². The second-order valence-electron chi connectivity index (χ2n) is 6.54. The van der Waals surface area contributed by atoms with Gasteiger partial charge in [0.25, 0.3) is 5.91 Å². The first kappa shape index (κ1) is 18.5. The topological polar surface area (TPSA) is 46.0 Å². The predicted molar refractivity (Wildman–Crippen MR) is 105 cm³/mol. The lowest BCUT2D eigenvalue weighted by atomic mass is 10.2. The SMILES string of the molecule is COc1ccccc1N1CC[NH+]([C@H](C)C(=O)Nc2cccc(Cl)c2)CC1. The van der Waals surface area contributed by atoms with Crippen LogP contribution in [0, 0.1) is 0 Å². The molecule has 2 aromatic rings. The highest BCUT2D eigenvalue weighted by Crippen LogP contribution is 2.27. The largest absolute Gasteiger partial charge is 0.495 e. The van der Waals surface area contributed by atoms with Gasteiger partial charge in [-0.2, -0.15) is 0 Å². The summed E-state index contributed by atoms with van der Waals surface area (Å²) in [6, 6.07) is 15.2. The maximum absolute atomic E-state index is 12.6. The van der Waals surface area contributed by atoms with Crippen molar-refractivity contribution in [3.05, 3.63) is 53.6 Å². The molecule has 1 aliphatic heterocycles. The zero-order chi connectivity index (χ0) is 18.5. The highest BCUT2D eigenvalue weighted by atomic mass is 35.5. The molecule has 3 rings (SSSR count). The molecule has 0 saturated carbocycles. The van der Waals surface area contributed by atoms with Gasteiger partial charge in [0.2, 0.25) is 0 Å². The maximum atomic E-state index is 12.6. The van der Waals surface area contributed by atoms with Gasteiger partial charge in [-0.15, -0.1) is 0 Å². The van der Waals surface area contributed by atoms with Gasteiger partial charge in [-0.05, 0) is 37.3 Å². The number of carbonyl (C=O) groups excluding carboxylic acids is 1. The Kier molecular flexibility index (Phi) is 6.01. The summed E-state index contributed by atoms with van der Waals surface area (Å²) < 4.78 is 5.46. The van der Waals surface area contributed by atoms with Crippen LogP contribution in [0.3, 0.4) is 0 Å². The van der Waals surface area contributed by atoms with Crippen LogP contribution < -0.4 is 19.9 Å². The maximum Gasteiger partial charge on any atom is 0.282 e. The van der Waals surface area contributed by atoms with Crippen molar-refractivity contribution in [1.29, 1.82) is 0 Å². The van der Waals surface area contributed by atoms with Crippen molar-refractivity contribution >= 4 is 28.9 Å². The lowest BCUT2D eigenvalue weighted by Crippen LogP contribution is -3.19. The number of para-hydroxylation sites is 2. The van der Waals surface area contributed by atoms with E-state index in [1.165, 1.54) is 4.90 Å². The zero-order valence-electron chi connectivity index (χ0n) is 15.2. The van der Waals surface area contributed by atoms with E-state index >= 15 is 0 Å². The summed E-state index contributed by atoms with van der Waals surface area (Å²) >= 11 is 5.98. The van der Waals surface area contributed by atoms with Crippen molar-refractivity contribution in [1.82, 2.24) is 0 Å². The first-order chi connectivity index (χ1) is 12.6. The van der Waals surface area contributed by atoms with Gasteiger partial charge in [0.15, 0.2) is 6.04 Å². The fourth-order valence-electron chi connectivity index (χ4n) is 3.36. The first-order valence-electron chi connectivity index (χ1n) is 8.87. The number of ether oxygens (including phenoxy) is 1. The number of amides is 1. The van der Waals surface area contributed by atoms with Gasteiger partial charge >= 0.3 is 0 Å². The number of nitrogens with one attached hydrogen (secondary N) is 2. The Hall–Kier alpha value is -2.24. The Morgan fingerprint density at radius 2 is 1.92 bits per heavy atom. The molecule has 2 aromatic carbocycles. The minimum Gasteiger partial charge on any atom is -0.495 e.